The molecule has 1 aliphatic carbocycles. The molecule has 2 aromatic carbocycles. The Morgan fingerprint density at radius 2 is 1.45 bits per heavy atom. The van der Waals surface area contributed by atoms with Crippen molar-refractivity contribution >= 4 is 11.8 Å². The minimum atomic E-state index is -0.700. The molecule has 0 saturated carbocycles. The molecule has 6 atom stereocenters. The number of carbonyl (C=O) groups excluding carboxylic acids is 2. The van der Waals surface area contributed by atoms with Crippen molar-refractivity contribution in [2.45, 2.75) is 38.1 Å². The number of carbonyl (C=O) groups is 2. The average Bonchev–Trinajstić information content (AvgIpc) is 3.15. The van der Waals surface area contributed by atoms with Crippen molar-refractivity contribution in [3.05, 3.63) is 83.6 Å². The Kier molecular flexibility index (Phi) is 6.26. The van der Waals surface area contributed by atoms with E-state index in [0.717, 1.165) is 11.1 Å². The first kappa shape index (κ1) is 21.8. The van der Waals surface area contributed by atoms with Crippen LogP contribution in [0.25, 0.3) is 0 Å². The fourth-order valence-corrected chi connectivity index (χ4v) is 5.01. The Hall–Kier alpha value is -3.00. The summed E-state index contributed by atoms with van der Waals surface area (Å²) in [5, 5.41) is 2.49. The molecule has 3 aliphatic rings. The Morgan fingerprint density at radius 3 is 2.06 bits per heavy atom. The highest BCUT2D eigenvalue weighted by Gasteiger charge is 2.57. The third-order valence-electron chi connectivity index (χ3n) is 6.61. The number of fused-ring (bicyclic) bond motifs is 3. The van der Waals surface area contributed by atoms with E-state index in [9.17, 15) is 9.59 Å². The molecule has 7 heteroatoms. The summed E-state index contributed by atoms with van der Waals surface area (Å²) in [7, 11) is 1.57. The van der Waals surface area contributed by atoms with Gasteiger partial charge in [-0.3, -0.25) is 14.9 Å². The molecule has 2 heterocycles. The first-order chi connectivity index (χ1) is 16.2. The van der Waals surface area contributed by atoms with Crippen LogP contribution in [0, 0.1) is 17.8 Å². The van der Waals surface area contributed by atoms with E-state index in [1.165, 1.54) is 0 Å². The largest absolute Gasteiger partial charge is 0.466 e. The molecule has 33 heavy (non-hydrogen) atoms. The summed E-state index contributed by atoms with van der Waals surface area (Å²) < 4.78 is 24.6. The lowest BCUT2D eigenvalue weighted by atomic mass is 9.71. The minimum absolute atomic E-state index is 0.238. The number of nitrogens with one attached hydrogen (secondary N) is 1. The molecule has 2 amide bonds. The standard InChI is InChI=1S/C26H27NO6/c1-30-26-23(32-15-17-10-6-3-7-11-17)22(31-14-16-8-4-2-5-9-16)21-19(33-26)13-12-18-20(21)25(29)27-24(18)28/h2-11,13,18,20-23,26H,12,14-15H2,1H3,(H,27,28,29)/t18?,20?,21?,22-,23-,26+/m0/s1. The predicted molar refractivity (Wildman–Crippen MR) is 118 cm³/mol. The van der Waals surface area contributed by atoms with Gasteiger partial charge >= 0.3 is 0 Å². The van der Waals surface area contributed by atoms with Gasteiger partial charge in [-0.1, -0.05) is 60.7 Å². The molecule has 172 valence electrons. The summed E-state index contributed by atoms with van der Waals surface area (Å²) in [4.78, 5) is 25.2. The highest BCUT2D eigenvalue weighted by Crippen LogP contribution is 2.46. The van der Waals surface area contributed by atoms with E-state index in [0.29, 0.717) is 25.4 Å². The van der Waals surface area contributed by atoms with Gasteiger partial charge in [-0.25, -0.2) is 0 Å². The van der Waals surface area contributed by atoms with Gasteiger partial charge < -0.3 is 18.9 Å². The van der Waals surface area contributed by atoms with Crippen LogP contribution in [0.4, 0.5) is 0 Å². The summed E-state index contributed by atoms with van der Waals surface area (Å²) in [5.74, 6) is -1.31. The number of benzene rings is 2. The van der Waals surface area contributed by atoms with E-state index in [4.69, 9.17) is 18.9 Å². The fourth-order valence-electron chi connectivity index (χ4n) is 5.01. The Bertz CT molecular complexity index is 1020. The van der Waals surface area contributed by atoms with Gasteiger partial charge in [0.05, 0.1) is 31.0 Å². The van der Waals surface area contributed by atoms with E-state index >= 15 is 0 Å². The molecule has 0 bridgehead atoms. The molecule has 1 N–H and O–H groups in total. The summed E-state index contributed by atoms with van der Waals surface area (Å²) in [5.41, 5.74) is 2.01. The van der Waals surface area contributed by atoms with Crippen molar-refractivity contribution in [2.24, 2.45) is 17.8 Å². The van der Waals surface area contributed by atoms with E-state index < -0.39 is 36.3 Å². The van der Waals surface area contributed by atoms with Crippen LogP contribution in [-0.2, 0) is 41.8 Å². The lowest BCUT2D eigenvalue weighted by Crippen LogP contribution is -2.56. The van der Waals surface area contributed by atoms with Gasteiger partial charge in [0.15, 0.2) is 0 Å². The molecule has 0 aromatic heterocycles. The topological polar surface area (TPSA) is 83.1 Å². The van der Waals surface area contributed by atoms with Crippen LogP contribution >= 0.6 is 0 Å². The number of allylic oxidation sites excluding steroid dienone is 1. The van der Waals surface area contributed by atoms with Crippen LogP contribution in [0.1, 0.15) is 17.5 Å². The maximum Gasteiger partial charge on any atom is 0.231 e. The predicted octanol–water partition coefficient (Wildman–Crippen LogP) is 2.95. The van der Waals surface area contributed by atoms with Crippen molar-refractivity contribution in [2.75, 3.05) is 7.11 Å². The molecule has 5 rings (SSSR count). The van der Waals surface area contributed by atoms with Crippen molar-refractivity contribution < 1.29 is 28.5 Å². The summed E-state index contributed by atoms with van der Waals surface area (Å²) in [6.45, 7) is 0.675. The van der Waals surface area contributed by atoms with Crippen LogP contribution in [0.2, 0.25) is 0 Å². The summed E-state index contributed by atoms with van der Waals surface area (Å²) in [6.07, 6.45) is 0.508. The highest BCUT2D eigenvalue weighted by atomic mass is 16.7. The molecule has 2 saturated heterocycles. The maximum absolute atomic E-state index is 12.8. The minimum Gasteiger partial charge on any atom is -0.466 e. The first-order valence-electron chi connectivity index (χ1n) is 11.2. The van der Waals surface area contributed by atoms with E-state index in [1.54, 1.807) is 7.11 Å². The molecular formula is C26H27NO6. The zero-order valence-corrected chi connectivity index (χ0v) is 18.4. The second kappa shape index (κ2) is 9.47. The molecular weight excluding hydrogens is 422 g/mol. The number of methoxy groups -OCH3 is 1. The van der Waals surface area contributed by atoms with Crippen LogP contribution in [0.5, 0.6) is 0 Å². The number of rotatable bonds is 7. The number of amides is 2. The monoisotopic (exact) mass is 449 g/mol. The van der Waals surface area contributed by atoms with Gasteiger partial charge in [0, 0.05) is 7.11 Å². The van der Waals surface area contributed by atoms with Crippen LogP contribution in [0.15, 0.2) is 72.5 Å². The number of ether oxygens (including phenoxy) is 4. The second-order valence-corrected chi connectivity index (χ2v) is 8.60. The van der Waals surface area contributed by atoms with Crippen molar-refractivity contribution in [3.63, 3.8) is 0 Å². The number of imide groups is 1. The summed E-state index contributed by atoms with van der Waals surface area (Å²) >= 11 is 0. The zero-order chi connectivity index (χ0) is 22.8. The van der Waals surface area contributed by atoms with Crippen LogP contribution < -0.4 is 5.32 Å². The molecule has 7 nitrogen and oxygen atoms in total. The maximum atomic E-state index is 12.8. The fraction of sp³-hybridized carbons (Fsp3) is 0.385. The lowest BCUT2D eigenvalue weighted by Gasteiger charge is -2.46. The average molecular weight is 450 g/mol. The molecule has 2 aromatic rings. The Balaban J connectivity index is 1.46. The molecule has 2 aliphatic heterocycles. The molecule has 3 unspecified atom stereocenters. The van der Waals surface area contributed by atoms with E-state index in [-0.39, 0.29) is 11.8 Å². The lowest BCUT2D eigenvalue weighted by molar-refractivity contribution is -0.260. The van der Waals surface area contributed by atoms with E-state index in [1.807, 2.05) is 66.7 Å². The second-order valence-electron chi connectivity index (χ2n) is 8.60. The van der Waals surface area contributed by atoms with Crippen molar-refractivity contribution in [1.29, 1.82) is 0 Å². The quantitative estimate of drug-likeness (QED) is 0.655. The molecule has 0 radical (unpaired) electrons. The van der Waals surface area contributed by atoms with Gasteiger partial charge in [0.1, 0.15) is 18.0 Å². The van der Waals surface area contributed by atoms with E-state index in [2.05, 4.69) is 5.32 Å². The van der Waals surface area contributed by atoms with Gasteiger partial charge in [0.2, 0.25) is 18.1 Å². The Morgan fingerprint density at radius 1 is 0.848 bits per heavy atom. The van der Waals surface area contributed by atoms with Crippen molar-refractivity contribution in [1.82, 2.24) is 5.32 Å². The van der Waals surface area contributed by atoms with Gasteiger partial charge in [0.25, 0.3) is 0 Å². The zero-order valence-electron chi connectivity index (χ0n) is 18.4. The Labute approximate surface area is 192 Å². The van der Waals surface area contributed by atoms with Crippen molar-refractivity contribution in [3.8, 4) is 0 Å². The summed E-state index contributed by atoms with van der Waals surface area (Å²) in [6, 6.07) is 19.6. The number of hydrogen-bond acceptors (Lipinski definition) is 6. The smallest absolute Gasteiger partial charge is 0.231 e. The first-order valence-corrected chi connectivity index (χ1v) is 11.2. The van der Waals surface area contributed by atoms with Crippen LogP contribution in [-0.4, -0.2) is 37.4 Å². The van der Waals surface area contributed by atoms with Gasteiger partial charge in [-0.2, -0.15) is 0 Å². The SMILES string of the molecule is CO[C@@H]1OC2=CCC3C(=O)NC(=O)C3C2[C@H](OCc2ccccc2)[C@@H]1OCc1ccccc1. The van der Waals surface area contributed by atoms with Crippen LogP contribution in [0.3, 0.4) is 0 Å². The third kappa shape index (κ3) is 4.31. The van der Waals surface area contributed by atoms with Gasteiger partial charge in [-0.15, -0.1) is 0 Å². The molecule has 0 spiro atoms. The highest BCUT2D eigenvalue weighted by molar-refractivity contribution is 6.05. The number of hydrogen-bond donors (Lipinski definition) is 1. The normalized spacial score (nSPS) is 30.6. The third-order valence-corrected chi connectivity index (χ3v) is 6.61. The van der Waals surface area contributed by atoms with Gasteiger partial charge in [-0.05, 0) is 23.6 Å². The molecule has 2 fully saturated rings.